The molecule has 0 radical (unpaired) electrons. The van der Waals surface area contributed by atoms with Crippen LogP contribution >= 0.6 is 0 Å². The van der Waals surface area contributed by atoms with E-state index in [2.05, 4.69) is 10.4 Å². The fourth-order valence-electron chi connectivity index (χ4n) is 1.82. The van der Waals surface area contributed by atoms with Gasteiger partial charge in [0.05, 0.1) is 11.1 Å². The standard InChI is InChI=1S/C12H13F2N3/c1-2-3-7-6-10(17-15)11-8(13)4-5-9(14)12(11)16-7/h4-6H,2-3,15H2,1H3,(H,16,17). The van der Waals surface area contributed by atoms with Crippen LogP contribution in [0.25, 0.3) is 10.9 Å². The average Bonchev–Trinajstić information content (AvgIpc) is 2.33. The van der Waals surface area contributed by atoms with Crippen molar-refractivity contribution in [1.29, 1.82) is 0 Å². The minimum atomic E-state index is -0.546. The predicted molar refractivity (Wildman–Crippen MR) is 63.5 cm³/mol. The first-order valence-corrected chi connectivity index (χ1v) is 5.41. The number of nitrogen functional groups attached to an aromatic ring is 1. The number of nitrogens with zero attached hydrogens (tertiary/aromatic N) is 1. The molecule has 2 aromatic rings. The minimum absolute atomic E-state index is 0.0175. The molecule has 0 bridgehead atoms. The summed E-state index contributed by atoms with van der Waals surface area (Å²) in [6, 6.07) is 3.79. The second kappa shape index (κ2) is 4.63. The molecular formula is C12H13F2N3. The SMILES string of the molecule is CCCc1cc(NN)c2c(F)ccc(F)c2n1. The first-order valence-electron chi connectivity index (χ1n) is 5.41. The molecule has 1 aromatic carbocycles. The maximum absolute atomic E-state index is 13.6. The van der Waals surface area contributed by atoms with Crippen molar-refractivity contribution < 1.29 is 8.78 Å². The normalized spacial score (nSPS) is 10.8. The third-order valence-corrected chi connectivity index (χ3v) is 2.58. The number of nitrogens with two attached hydrogens (primary N) is 1. The lowest BCUT2D eigenvalue weighted by Gasteiger charge is -2.09. The van der Waals surface area contributed by atoms with E-state index in [9.17, 15) is 8.78 Å². The molecule has 0 aliphatic carbocycles. The number of hydrogen-bond acceptors (Lipinski definition) is 3. The summed E-state index contributed by atoms with van der Waals surface area (Å²) in [6.45, 7) is 1.99. The Hall–Kier alpha value is -1.75. The van der Waals surface area contributed by atoms with Crippen LogP contribution in [0.5, 0.6) is 0 Å². The molecule has 0 aliphatic rings. The number of nitrogens with one attached hydrogen (secondary N) is 1. The molecule has 3 nitrogen and oxygen atoms in total. The highest BCUT2D eigenvalue weighted by atomic mass is 19.1. The zero-order valence-electron chi connectivity index (χ0n) is 9.43. The molecule has 0 fully saturated rings. The van der Waals surface area contributed by atoms with Crippen molar-refractivity contribution in [3.05, 3.63) is 35.5 Å². The van der Waals surface area contributed by atoms with E-state index < -0.39 is 11.6 Å². The number of hydrogen-bond donors (Lipinski definition) is 2. The van der Waals surface area contributed by atoms with Crippen LogP contribution < -0.4 is 11.3 Å². The van der Waals surface area contributed by atoms with Crippen LogP contribution in [0.15, 0.2) is 18.2 Å². The van der Waals surface area contributed by atoms with Gasteiger partial charge in [0.25, 0.3) is 0 Å². The van der Waals surface area contributed by atoms with E-state index >= 15 is 0 Å². The molecule has 1 heterocycles. The van der Waals surface area contributed by atoms with Crippen LogP contribution in [-0.4, -0.2) is 4.98 Å². The summed E-state index contributed by atoms with van der Waals surface area (Å²) >= 11 is 0. The predicted octanol–water partition coefficient (Wildman–Crippen LogP) is 2.75. The van der Waals surface area contributed by atoms with Crippen molar-refractivity contribution >= 4 is 16.6 Å². The lowest BCUT2D eigenvalue weighted by Crippen LogP contribution is -2.09. The van der Waals surface area contributed by atoms with Crippen molar-refractivity contribution in [2.75, 3.05) is 5.43 Å². The topological polar surface area (TPSA) is 50.9 Å². The van der Waals surface area contributed by atoms with Crippen molar-refractivity contribution in [3.8, 4) is 0 Å². The lowest BCUT2D eigenvalue weighted by atomic mass is 10.1. The second-order valence-corrected chi connectivity index (χ2v) is 3.81. The Morgan fingerprint density at radius 3 is 2.65 bits per heavy atom. The summed E-state index contributed by atoms with van der Waals surface area (Å²) in [5.74, 6) is 4.25. The van der Waals surface area contributed by atoms with Gasteiger partial charge in [0.15, 0.2) is 0 Å². The number of halogens is 2. The van der Waals surface area contributed by atoms with Gasteiger partial charge in [-0.25, -0.2) is 13.8 Å². The van der Waals surface area contributed by atoms with Gasteiger partial charge in [-0.2, -0.15) is 0 Å². The van der Waals surface area contributed by atoms with Gasteiger partial charge in [-0.05, 0) is 24.6 Å². The molecule has 0 saturated carbocycles. The van der Waals surface area contributed by atoms with E-state index in [-0.39, 0.29) is 10.9 Å². The maximum Gasteiger partial charge on any atom is 0.149 e. The van der Waals surface area contributed by atoms with Gasteiger partial charge in [0.2, 0.25) is 0 Å². The van der Waals surface area contributed by atoms with Crippen LogP contribution in [0, 0.1) is 11.6 Å². The van der Waals surface area contributed by atoms with Crippen molar-refractivity contribution in [3.63, 3.8) is 0 Å². The van der Waals surface area contributed by atoms with Crippen LogP contribution in [0.1, 0.15) is 19.0 Å². The summed E-state index contributed by atoms with van der Waals surface area (Å²) in [5.41, 5.74) is 3.46. The summed E-state index contributed by atoms with van der Waals surface area (Å²) in [7, 11) is 0. The largest absolute Gasteiger partial charge is 0.323 e. The zero-order valence-corrected chi connectivity index (χ0v) is 9.43. The molecule has 2 rings (SSSR count). The third kappa shape index (κ3) is 2.06. The molecule has 0 aliphatic heterocycles. The van der Waals surface area contributed by atoms with Gasteiger partial charge < -0.3 is 5.43 Å². The highest BCUT2D eigenvalue weighted by Crippen LogP contribution is 2.27. The van der Waals surface area contributed by atoms with Gasteiger partial charge in [-0.1, -0.05) is 13.3 Å². The van der Waals surface area contributed by atoms with E-state index in [1.54, 1.807) is 6.07 Å². The highest BCUT2D eigenvalue weighted by molar-refractivity contribution is 5.92. The van der Waals surface area contributed by atoms with Crippen molar-refractivity contribution in [2.45, 2.75) is 19.8 Å². The number of rotatable bonds is 3. The number of aromatic nitrogens is 1. The highest BCUT2D eigenvalue weighted by Gasteiger charge is 2.13. The summed E-state index contributed by atoms with van der Waals surface area (Å²) in [6.07, 6.45) is 1.57. The maximum atomic E-state index is 13.6. The van der Waals surface area contributed by atoms with Gasteiger partial charge >= 0.3 is 0 Å². The molecule has 17 heavy (non-hydrogen) atoms. The van der Waals surface area contributed by atoms with Gasteiger partial charge in [0.1, 0.15) is 17.2 Å². The van der Waals surface area contributed by atoms with Gasteiger partial charge in [-0.3, -0.25) is 5.84 Å². The minimum Gasteiger partial charge on any atom is -0.323 e. The Balaban J connectivity index is 2.77. The van der Waals surface area contributed by atoms with Crippen LogP contribution in [-0.2, 0) is 6.42 Å². The molecule has 0 atom stereocenters. The quantitative estimate of drug-likeness (QED) is 0.637. The Labute approximate surface area is 97.6 Å². The summed E-state index contributed by atoms with van der Waals surface area (Å²) in [5, 5.41) is 0.0901. The van der Waals surface area contributed by atoms with Crippen molar-refractivity contribution in [2.24, 2.45) is 5.84 Å². The molecule has 0 spiro atoms. The van der Waals surface area contributed by atoms with E-state index in [1.165, 1.54) is 0 Å². The van der Waals surface area contributed by atoms with Gasteiger partial charge in [-0.15, -0.1) is 0 Å². The van der Waals surface area contributed by atoms with Crippen LogP contribution in [0.2, 0.25) is 0 Å². The fraction of sp³-hybridized carbons (Fsp3) is 0.250. The lowest BCUT2D eigenvalue weighted by molar-refractivity contribution is 0.615. The van der Waals surface area contributed by atoms with Crippen molar-refractivity contribution in [1.82, 2.24) is 4.98 Å². The molecule has 3 N–H and O–H groups in total. The number of fused-ring (bicyclic) bond motifs is 1. The molecule has 90 valence electrons. The Morgan fingerprint density at radius 2 is 2.00 bits per heavy atom. The number of pyridine rings is 1. The first kappa shape index (κ1) is 11.7. The Morgan fingerprint density at radius 1 is 1.29 bits per heavy atom. The number of benzene rings is 1. The first-order chi connectivity index (χ1) is 8.17. The molecule has 0 saturated heterocycles. The monoisotopic (exact) mass is 237 g/mol. The Kier molecular flexibility index (Phi) is 3.19. The summed E-state index contributed by atoms with van der Waals surface area (Å²) < 4.78 is 27.2. The van der Waals surface area contributed by atoms with E-state index in [4.69, 9.17) is 5.84 Å². The summed E-state index contributed by atoms with van der Waals surface area (Å²) in [4.78, 5) is 4.12. The molecule has 0 amide bonds. The molecule has 0 unspecified atom stereocenters. The molecule has 1 aromatic heterocycles. The van der Waals surface area contributed by atoms with E-state index in [0.29, 0.717) is 17.8 Å². The molecular weight excluding hydrogens is 224 g/mol. The number of anilines is 1. The Bertz CT molecular complexity index is 555. The van der Waals surface area contributed by atoms with Crippen LogP contribution in [0.4, 0.5) is 14.5 Å². The van der Waals surface area contributed by atoms with E-state index in [1.807, 2.05) is 6.92 Å². The fourth-order valence-corrected chi connectivity index (χ4v) is 1.82. The number of hydrazine groups is 1. The molecule has 5 heteroatoms. The van der Waals surface area contributed by atoms with Crippen LogP contribution in [0.3, 0.4) is 0 Å². The average molecular weight is 237 g/mol. The zero-order chi connectivity index (χ0) is 12.4. The number of aryl methyl sites for hydroxylation is 1. The van der Waals surface area contributed by atoms with E-state index in [0.717, 1.165) is 18.6 Å². The van der Waals surface area contributed by atoms with Gasteiger partial charge in [0, 0.05) is 5.69 Å². The smallest absolute Gasteiger partial charge is 0.149 e. The second-order valence-electron chi connectivity index (χ2n) is 3.81. The third-order valence-electron chi connectivity index (χ3n) is 2.58.